The number of fused-ring (bicyclic) bond motifs is 1. The lowest BCUT2D eigenvalue weighted by Gasteiger charge is -2.39. The van der Waals surface area contributed by atoms with E-state index in [1.54, 1.807) is 24.3 Å². The van der Waals surface area contributed by atoms with Crippen LogP contribution >= 0.6 is 35.6 Å². The Morgan fingerprint density at radius 3 is 2.28 bits per heavy atom. The number of para-hydroxylation sites is 1. The second kappa shape index (κ2) is 7.81. The molecule has 0 aromatic heterocycles. The molecule has 0 spiro atoms. The molecular weight excluding hydrogens is 466 g/mol. The average molecular weight is 488 g/mol. The van der Waals surface area contributed by atoms with Gasteiger partial charge in [-0.3, -0.25) is 14.4 Å². The molecule has 2 aromatic rings. The number of nitrogens with zero attached hydrogens (tertiary/aromatic N) is 3. The number of amides is 2. The number of hydrogen-bond donors (Lipinski definition) is 0. The van der Waals surface area contributed by atoms with Crippen molar-refractivity contribution < 1.29 is 14.4 Å². The number of hydroxylamine groups is 2. The predicted molar refractivity (Wildman–Crippen MR) is 129 cm³/mol. The summed E-state index contributed by atoms with van der Waals surface area (Å²) in [4.78, 5) is 36.6. The molecule has 2 aromatic carbocycles. The van der Waals surface area contributed by atoms with Crippen LogP contribution in [0.15, 0.2) is 54.6 Å². The fourth-order valence-corrected chi connectivity index (χ4v) is 6.51. The lowest BCUT2D eigenvalue weighted by atomic mass is 9.90. The highest BCUT2D eigenvalue weighted by molar-refractivity contribution is 8.23. The number of likely N-dealkylation sites (N-methyl/N-ethyl adjacent to an activating group) is 1. The number of halogens is 1. The summed E-state index contributed by atoms with van der Waals surface area (Å²) in [5.74, 6) is -1.27. The Labute approximate surface area is 201 Å². The smallest absolute Gasteiger partial charge is 0.265 e. The molecule has 3 heterocycles. The number of benzene rings is 2. The van der Waals surface area contributed by atoms with Crippen molar-refractivity contribution in [2.24, 2.45) is 5.92 Å². The zero-order chi connectivity index (χ0) is 22.8. The Morgan fingerprint density at radius 1 is 1.03 bits per heavy atom. The summed E-state index contributed by atoms with van der Waals surface area (Å²) in [7, 11) is 1.96. The molecule has 0 aliphatic carbocycles. The van der Waals surface area contributed by atoms with Crippen LogP contribution in [-0.4, -0.2) is 50.2 Å². The summed E-state index contributed by atoms with van der Waals surface area (Å²) in [6, 6.07) is 15.9. The van der Waals surface area contributed by atoms with Crippen molar-refractivity contribution in [3.8, 4) is 0 Å². The number of carbonyl (C=O) groups excluding carboxylic acids is 2. The van der Waals surface area contributed by atoms with Gasteiger partial charge in [-0.05, 0) is 43.7 Å². The van der Waals surface area contributed by atoms with Crippen molar-refractivity contribution in [2.45, 2.75) is 36.9 Å². The van der Waals surface area contributed by atoms with E-state index >= 15 is 0 Å². The van der Waals surface area contributed by atoms with Gasteiger partial charge in [0, 0.05) is 12.1 Å². The fraction of sp³-hybridized carbons (Fsp3) is 0.348. The van der Waals surface area contributed by atoms with Crippen LogP contribution in [-0.2, 0) is 14.4 Å². The third-order valence-corrected chi connectivity index (χ3v) is 8.86. The van der Waals surface area contributed by atoms with Crippen LogP contribution in [0.3, 0.4) is 0 Å². The fourth-order valence-electron chi connectivity index (χ4n) is 4.56. The van der Waals surface area contributed by atoms with Crippen molar-refractivity contribution in [1.29, 1.82) is 0 Å². The Balaban J connectivity index is 1.58. The minimum Gasteiger partial charge on any atom is -0.353 e. The van der Waals surface area contributed by atoms with E-state index in [0.717, 1.165) is 9.88 Å². The number of thioether (sulfide) groups is 1. The molecule has 5 rings (SSSR count). The highest BCUT2D eigenvalue weighted by Crippen LogP contribution is 2.52. The van der Waals surface area contributed by atoms with Crippen LogP contribution in [0.25, 0.3) is 0 Å². The van der Waals surface area contributed by atoms with Crippen molar-refractivity contribution in [1.82, 2.24) is 9.96 Å². The summed E-state index contributed by atoms with van der Waals surface area (Å²) in [6.45, 7) is 4.17. The van der Waals surface area contributed by atoms with E-state index in [-0.39, 0.29) is 22.7 Å². The number of anilines is 1. The van der Waals surface area contributed by atoms with E-state index < -0.39 is 18.1 Å². The van der Waals surface area contributed by atoms with Gasteiger partial charge in [0.25, 0.3) is 5.91 Å². The molecule has 0 saturated carbocycles. The van der Waals surface area contributed by atoms with E-state index in [1.807, 2.05) is 47.3 Å². The average Bonchev–Trinajstić information content (AvgIpc) is 3.34. The van der Waals surface area contributed by atoms with Crippen LogP contribution in [0.5, 0.6) is 0 Å². The van der Waals surface area contributed by atoms with Gasteiger partial charge in [-0.25, -0.2) is 4.90 Å². The maximum Gasteiger partial charge on any atom is 0.265 e. The van der Waals surface area contributed by atoms with Crippen LogP contribution in [0.1, 0.15) is 25.5 Å². The van der Waals surface area contributed by atoms with Gasteiger partial charge >= 0.3 is 0 Å². The molecule has 2 amide bonds. The highest BCUT2D eigenvalue weighted by Gasteiger charge is 2.63. The third-order valence-electron chi connectivity index (χ3n) is 6.56. The van der Waals surface area contributed by atoms with Gasteiger partial charge in [-0.2, -0.15) is 5.06 Å². The van der Waals surface area contributed by atoms with E-state index in [2.05, 4.69) is 13.8 Å². The number of imide groups is 1. The lowest BCUT2D eigenvalue weighted by molar-refractivity contribution is -0.188. The number of carbonyl (C=O) groups is 2. The first-order valence-corrected chi connectivity index (χ1v) is 12.0. The lowest BCUT2D eigenvalue weighted by Crippen LogP contribution is -2.51. The normalized spacial score (nSPS) is 29.8. The Kier molecular flexibility index (Phi) is 5.34. The van der Waals surface area contributed by atoms with Gasteiger partial charge in [-0.15, -0.1) is 0 Å². The summed E-state index contributed by atoms with van der Waals surface area (Å²) in [5.41, 5.74) is 1.06. The van der Waals surface area contributed by atoms with Crippen molar-refractivity contribution in [3.63, 3.8) is 0 Å². The Morgan fingerprint density at radius 2 is 1.69 bits per heavy atom. The van der Waals surface area contributed by atoms with Crippen molar-refractivity contribution in [2.75, 3.05) is 11.9 Å². The van der Waals surface area contributed by atoms with Gasteiger partial charge in [0.1, 0.15) is 9.69 Å². The summed E-state index contributed by atoms with van der Waals surface area (Å²) < 4.78 is 0.749. The molecular formula is C23H22ClN3O3S2. The Hall–Kier alpha value is -1.97. The molecule has 4 atom stereocenters. The van der Waals surface area contributed by atoms with Gasteiger partial charge in [0.15, 0.2) is 6.10 Å². The predicted octanol–water partition coefficient (Wildman–Crippen LogP) is 4.25. The number of rotatable bonds is 3. The molecule has 3 fully saturated rings. The van der Waals surface area contributed by atoms with Gasteiger partial charge < -0.3 is 4.90 Å². The summed E-state index contributed by atoms with van der Waals surface area (Å²) >= 11 is 13.2. The van der Waals surface area contributed by atoms with E-state index in [0.29, 0.717) is 10.7 Å². The molecule has 0 radical (unpaired) electrons. The van der Waals surface area contributed by atoms with Gasteiger partial charge in [0.2, 0.25) is 5.91 Å². The molecule has 0 N–H and O–H groups in total. The maximum atomic E-state index is 13.6. The highest BCUT2D eigenvalue weighted by atomic mass is 35.5. The largest absolute Gasteiger partial charge is 0.353 e. The molecule has 0 unspecified atom stereocenters. The molecule has 3 aliphatic rings. The second-order valence-corrected chi connectivity index (χ2v) is 10.9. The van der Waals surface area contributed by atoms with E-state index in [4.69, 9.17) is 28.7 Å². The minimum atomic E-state index is -0.890. The first-order valence-electron chi connectivity index (χ1n) is 10.3. The van der Waals surface area contributed by atoms with Crippen molar-refractivity contribution in [3.05, 3.63) is 65.2 Å². The molecule has 166 valence electrons. The first kappa shape index (κ1) is 21.9. The van der Waals surface area contributed by atoms with Gasteiger partial charge in [0.05, 0.1) is 23.2 Å². The van der Waals surface area contributed by atoms with E-state index in [1.165, 1.54) is 16.7 Å². The van der Waals surface area contributed by atoms with Gasteiger partial charge in [-0.1, -0.05) is 65.9 Å². The molecule has 3 aliphatic heterocycles. The topological polar surface area (TPSA) is 53.1 Å². The third kappa shape index (κ3) is 3.20. The van der Waals surface area contributed by atoms with Crippen LogP contribution < -0.4 is 4.90 Å². The SMILES string of the molecule is CN1C(=S)S[C@@H](N2O[C@H]3C(=O)N(c4ccccc4)C(=O)[C@H]3[C@H]2c2ccc(Cl)cc2)C1(C)C. The monoisotopic (exact) mass is 487 g/mol. The van der Waals surface area contributed by atoms with Crippen LogP contribution in [0.4, 0.5) is 5.69 Å². The summed E-state index contributed by atoms with van der Waals surface area (Å²) in [6.07, 6.45) is -0.890. The quantitative estimate of drug-likeness (QED) is 0.473. The number of thiocarbonyl (C=S) groups is 1. The molecule has 0 bridgehead atoms. The molecule has 9 heteroatoms. The zero-order valence-corrected chi connectivity index (χ0v) is 20.2. The van der Waals surface area contributed by atoms with Crippen LogP contribution in [0.2, 0.25) is 5.02 Å². The van der Waals surface area contributed by atoms with E-state index in [9.17, 15) is 9.59 Å². The van der Waals surface area contributed by atoms with Crippen molar-refractivity contribution >= 4 is 57.4 Å². The zero-order valence-electron chi connectivity index (χ0n) is 17.8. The maximum absolute atomic E-state index is 13.6. The molecule has 3 saturated heterocycles. The Bertz CT molecular complexity index is 1100. The second-order valence-electron chi connectivity index (χ2n) is 8.70. The summed E-state index contributed by atoms with van der Waals surface area (Å²) in [5, 5.41) is 2.22. The molecule has 6 nitrogen and oxygen atoms in total. The molecule has 32 heavy (non-hydrogen) atoms. The van der Waals surface area contributed by atoms with Crippen LogP contribution in [0, 0.1) is 5.92 Å². The first-order chi connectivity index (χ1) is 15.2. The number of hydrogen-bond acceptors (Lipinski definition) is 6. The minimum absolute atomic E-state index is 0.197. The standard InChI is InChI=1S/C23H22ClN3O3S2/c1-23(2)21(32-22(31)25(23)3)27-17(13-9-11-14(24)12-10-13)16-18(30-27)20(29)26(19(16)28)15-7-5-4-6-8-15/h4-12,16-18,21H,1-3H3/t16-,17+,18+,21+/m0/s1.